The third-order valence-corrected chi connectivity index (χ3v) is 6.14. The second kappa shape index (κ2) is 12.1. The molecule has 192 valence electrons. The topological polar surface area (TPSA) is 112 Å². The van der Waals surface area contributed by atoms with E-state index in [0.717, 1.165) is 16.7 Å². The van der Waals surface area contributed by atoms with Crippen molar-refractivity contribution in [3.63, 3.8) is 0 Å². The van der Waals surface area contributed by atoms with Gasteiger partial charge < -0.3 is 25.0 Å². The minimum absolute atomic E-state index is 0.138. The van der Waals surface area contributed by atoms with E-state index in [-0.39, 0.29) is 25.4 Å². The fraction of sp³-hybridized carbons (Fsp3) is 0.286. The predicted molar refractivity (Wildman–Crippen MR) is 139 cm³/mol. The van der Waals surface area contributed by atoms with Gasteiger partial charge in [0.2, 0.25) is 5.91 Å². The summed E-state index contributed by atoms with van der Waals surface area (Å²) in [5, 5.41) is 12.6. The average Bonchev–Trinajstić information content (AvgIpc) is 2.96. The fourth-order valence-electron chi connectivity index (χ4n) is 4.16. The van der Waals surface area contributed by atoms with Gasteiger partial charge in [-0.3, -0.25) is 9.59 Å². The van der Waals surface area contributed by atoms with Crippen molar-refractivity contribution in [3.05, 3.63) is 78.5 Å². The van der Waals surface area contributed by atoms with Gasteiger partial charge in [0.25, 0.3) is 5.91 Å². The Morgan fingerprint density at radius 3 is 2.08 bits per heavy atom. The number of hydrogen-bond donors (Lipinski definition) is 2. The number of nitrogens with zero attached hydrogens (tertiary/aromatic N) is 3. The number of carbonyl (C=O) groups excluding carboxylic acids is 3. The number of piperazine rings is 1. The van der Waals surface area contributed by atoms with Gasteiger partial charge in [-0.25, -0.2) is 9.78 Å². The number of aliphatic hydroxyl groups excluding tert-OH is 1. The molecule has 0 aliphatic carbocycles. The van der Waals surface area contributed by atoms with Crippen LogP contribution in [0.5, 0.6) is 0 Å². The summed E-state index contributed by atoms with van der Waals surface area (Å²) in [5.41, 5.74) is 3.34. The average molecular weight is 503 g/mol. The number of aliphatic hydroxyl groups is 1. The Balaban J connectivity index is 1.52. The molecule has 0 saturated carbocycles. The summed E-state index contributed by atoms with van der Waals surface area (Å²) in [6.07, 6.45) is -0.416. The Hall–Kier alpha value is -4.24. The van der Waals surface area contributed by atoms with E-state index in [1.165, 1.54) is 9.80 Å². The molecule has 1 aliphatic heterocycles. The number of carbonyl (C=O) groups is 3. The lowest BCUT2D eigenvalue weighted by atomic mass is 10.0. The number of rotatable bonds is 7. The summed E-state index contributed by atoms with van der Waals surface area (Å²) in [6.45, 7) is 2.65. The molecule has 1 atom stereocenters. The van der Waals surface area contributed by atoms with Crippen molar-refractivity contribution in [1.29, 1.82) is 0 Å². The summed E-state index contributed by atoms with van der Waals surface area (Å²) in [5.74, 6) is -0.977. The molecule has 1 aromatic heterocycles. The predicted octanol–water partition coefficient (Wildman–Crippen LogP) is 2.81. The first kappa shape index (κ1) is 25.8. The smallest absolute Gasteiger partial charge is 0.409 e. The van der Waals surface area contributed by atoms with Crippen LogP contribution in [0.25, 0.3) is 22.4 Å². The molecule has 9 nitrogen and oxygen atoms in total. The van der Waals surface area contributed by atoms with Crippen LogP contribution in [0, 0.1) is 0 Å². The molecule has 3 amide bonds. The molecule has 9 heteroatoms. The Kier molecular flexibility index (Phi) is 8.48. The van der Waals surface area contributed by atoms with E-state index in [2.05, 4.69) is 10.3 Å². The van der Waals surface area contributed by atoms with E-state index >= 15 is 0 Å². The minimum Gasteiger partial charge on any atom is -0.450 e. The van der Waals surface area contributed by atoms with Gasteiger partial charge in [-0.05, 0) is 30.2 Å². The van der Waals surface area contributed by atoms with Gasteiger partial charge in [-0.1, -0.05) is 60.7 Å². The van der Waals surface area contributed by atoms with Crippen LogP contribution in [0.1, 0.15) is 17.4 Å². The highest BCUT2D eigenvalue weighted by molar-refractivity contribution is 5.97. The van der Waals surface area contributed by atoms with Crippen LogP contribution in [-0.2, 0) is 9.53 Å². The molecule has 2 aromatic carbocycles. The first-order valence-corrected chi connectivity index (χ1v) is 12.2. The molecule has 1 saturated heterocycles. The van der Waals surface area contributed by atoms with Gasteiger partial charge in [0.1, 0.15) is 11.7 Å². The summed E-state index contributed by atoms with van der Waals surface area (Å²) in [4.78, 5) is 45.9. The maximum atomic E-state index is 13.3. The van der Waals surface area contributed by atoms with Crippen molar-refractivity contribution >= 4 is 17.9 Å². The zero-order valence-electron chi connectivity index (χ0n) is 20.7. The highest BCUT2D eigenvalue weighted by Gasteiger charge is 2.30. The van der Waals surface area contributed by atoms with Crippen LogP contribution in [0.15, 0.2) is 72.8 Å². The number of ether oxygens (including phenoxy) is 1. The number of benzene rings is 2. The first-order chi connectivity index (χ1) is 18.0. The standard InChI is InChI=1S/C28H30N4O5/c1-2-37-28(36)32-15-13-31(14-16-32)27(35)25(19-33)30-26(34)24-18-22(20-9-5-3-6-10-20)17-23(29-24)21-11-7-4-8-12-21/h3-12,17-18,25,33H,2,13-16,19H2,1H3,(H,30,34). The van der Waals surface area contributed by atoms with Gasteiger partial charge in [0.05, 0.1) is 18.9 Å². The van der Waals surface area contributed by atoms with Gasteiger partial charge >= 0.3 is 6.09 Å². The minimum atomic E-state index is -1.14. The molecule has 0 spiro atoms. The largest absolute Gasteiger partial charge is 0.450 e. The zero-order valence-corrected chi connectivity index (χ0v) is 20.7. The van der Waals surface area contributed by atoms with E-state index in [1.54, 1.807) is 13.0 Å². The van der Waals surface area contributed by atoms with Crippen molar-refractivity contribution in [3.8, 4) is 22.4 Å². The summed E-state index contributed by atoms with van der Waals surface area (Å²) in [7, 11) is 0. The molecular formula is C28H30N4O5. The number of pyridine rings is 1. The van der Waals surface area contributed by atoms with Gasteiger partial charge in [-0.15, -0.1) is 0 Å². The lowest BCUT2D eigenvalue weighted by Crippen LogP contribution is -2.56. The SMILES string of the molecule is CCOC(=O)N1CCN(C(=O)C(CO)NC(=O)c2cc(-c3ccccc3)cc(-c3ccccc3)n2)CC1. The Bertz CT molecular complexity index is 1170. The first-order valence-electron chi connectivity index (χ1n) is 12.2. The molecule has 4 rings (SSSR count). The lowest BCUT2D eigenvalue weighted by Gasteiger charge is -2.35. The van der Waals surface area contributed by atoms with E-state index in [9.17, 15) is 19.5 Å². The normalized spacial score (nSPS) is 14.1. The summed E-state index contributed by atoms with van der Waals surface area (Å²) in [6, 6.07) is 21.6. The quantitative estimate of drug-likeness (QED) is 0.514. The third-order valence-electron chi connectivity index (χ3n) is 6.14. The van der Waals surface area contributed by atoms with Crippen LogP contribution in [0.3, 0.4) is 0 Å². The van der Waals surface area contributed by atoms with Crippen molar-refractivity contribution in [1.82, 2.24) is 20.1 Å². The molecule has 1 unspecified atom stereocenters. The molecule has 2 heterocycles. The molecule has 3 aromatic rings. The third kappa shape index (κ3) is 6.31. The lowest BCUT2D eigenvalue weighted by molar-refractivity contribution is -0.135. The highest BCUT2D eigenvalue weighted by Crippen LogP contribution is 2.26. The fourth-order valence-corrected chi connectivity index (χ4v) is 4.16. The maximum absolute atomic E-state index is 13.3. The molecule has 0 bridgehead atoms. The highest BCUT2D eigenvalue weighted by atomic mass is 16.6. The van der Waals surface area contributed by atoms with Crippen LogP contribution in [0.2, 0.25) is 0 Å². The second-order valence-corrected chi connectivity index (χ2v) is 8.58. The number of hydrogen-bond acceptors (Lipinski definition) is 6. The van der Waals surface area contributed by atoms with Crippen molar-refractivity contribution in [2.24, 2.45) is 0 Å². The Morgan fingerprint density at radius 2 is 1.49 bits per heavy atom. The maximum Gasteiger partial charge on any atom is 0.409 e. The monoisotopic (exact) mass is 502 g/mol. The summed E-state index contributed by atoms with van der Waals surface area (Å²) >= 11 is 0. The van der Waals surface area contributed by atoms with Crippen LogP contribution < -0.4 is 5.32 Å². The summed E-state index contributed by atoms with van der Waals surface area (Å²) < 4.78 is 5.01. The van der Waals surface area contributed by atoms with Gasteiger partial charge in [-0.2, -0.15) is 0 Å². The van der Waals surface area contributed by atoms with Crippen molar-refractivity contribution in [2.45, 2.75) is 13.0 Å². The van der Waals surface area contributed by atoms with Crippen molar-refractivity contribution < 1.29 is 24.2 Å². The number of nitrogens with one attached hydrogen (secondary N) is 1. The molecule has 1 fully saturated rings. The van der Waals surface area contributed by atoms with E-state index in [0.29, 0.717) is 18.8 Å². The zero-order chi connectivity index (χ0) is 26.2. The van der Waals surface area contributed by atoms with E-state index in [4.69, 9.17) is 4.74 Å². The van der Waals surface area contributed by atoms with Crippen LogP contribution in [0.4, 0.5) is 4.79 Å². The Morgan fingerprint density at radius 1 is 0.892 bits per heavy atom. The number of amides is 3. The second-order valence-electron chi connectivity index (χ2n) is 8.58. The van der Waals surface area contributed by atoms with Crippen LogP contribution in [-0.4, -0.2) is 83.2 Å². The molecular weight excluding hydrogens is 472 g/mol. The molecule has 0 radical (unpaired) electrons. The molecule has 1 aliphatic rings. The number of aromatic nitrogens is 1. The molecule has 2 N–H and O–H groups in total. The molecule has 37 heavy (non-hydrogen) atoms. The Labute approximate surface area is 215 Å². The van der Waals surface area contributed by atoms with E-state index < -0.39 is 30.6 Å². The van der Waals surface area contributed by atoms with Crippen molar-refractivity contribution in [2.75, 3.05) is 39.4 Å². The van der Waals surface area contributed by atoms with Gasteiger partial charge in [0, 0.05) is 31.7 Å². The van der Waals surface area contributed by atoms with Crippen LogP contribution >= 0.6 is 0 Å². The van der Waals surface area contributed by atoms with E-state index in [1.807, 2.05) is 66.7 Å². The van der Waals surface area contributed by atoms with Gasteiger partial charge in [0.15, 0.2) is 0 Å².